The number of nitrogens with two attached hydrogens (primary N) is 1. The molecule has 6 nitrogen and oxygen atoms in total. The Kier molecular flexibility index (Phi) is 3.82. The van der Waals surface area contributed by atoms with Crippen molar-refractivity contribution < 1.29 is 9.21 Å². The summed E-state index contributed by atoms with van der Waals surface area (Å²) < 4.78 is 5.02. The molecule has 0 aliphatic carbocycles. The van der Waals surface area contributed by atoms with Gasteiger partial charge in [-0.1, -0.05) is 12.1 Å². The minimum absolute atomic E-state index is 0.0295. The van der Waals surface area contributed by atoms with Crippen LogP contribution in [0.3, 0.4) is 0 Å². The van der Waals surface area contributed by atoms with Gasteiger partial charge < -0.3 is 15.5 Å². The van der Waals surface area contributed by atoms with E-state index in [1.165, 1.54) is 6.26 Å². The van der Waals surface area contributed by atoms with Crippen molar-refractivity contribution in [1.82, 2.24) is 4.98 Å². The lowest BCUT2D eigenvalue weighted by molar-refractivity contribution is 0.261. The Bertz CT molecular complexity index is 560. The van der Waals surface area contributed by atoms with Crippen LogP contribution in [-0.4, -0.2) is 11.0 Å². The van der Waals surface area contributed by atoms with Gasteiger partial charge in [-0.15, -0.1) is 0 Å². The third-order valence-corrected chi connectivity index (χ3v) is 2.53. The summed E-state index contributed by atoms with van der Waals surface area (Å²) in [5, 5.41) is 5.17. The number of rotatable bonds is 3. The summed E-state index contributed by atoms with van der Waals surface area (Å²) in [5.74, 6) is 0. The van der Waals surface area contributed by atoms with E-state index in [2.05, 4.69) is 15.6 Å². The van der Waals surface area contributed by atoms with E-state index in [9.17, 15) is 4.79 Å². The Morgan fingerprint density at radius 2 is 2.00 bits per heavy atom. The molecule has 0 aliphatic heterocycles. The summed E-state index contributed by atoms with van der Waals surface area (Å²) in [6.45, 7) is 3.68. The van der Waals surface area contributed by atoms with Crippen LogP contribution in [0, 0.1) is 6.92 Å². The number of amides is 2. The molecule has 0 aliphatic rings. The Balaban J connectivity index is 1.95. The van der Waals surface area contributed by atoms with Gasteiger partial charge in [-0.25, -0.2) is 4.79 Å². The number of carbonyl (C=O) groups excluding carboxylic acids is 1. The highest BCUT2D eigenvalue weighted by atomic mass is 16.4. The van der Waals surface area contributed by atoms with Crippen LogP contribution in [0.1, 0.15) is 24.2 Å². The molecular formula is C13H16N4O2. The molecule has 19 heavy (non-hydrogen) atoms. The van der Waals surface area contributed by atoms with Gasteiger partial charge in [-0.3, -0.25) is 5.32 Å². The zero-order chi connectivity index (χ0) is 13.8. The number of nitrogens with zero attached hydrogens (tertiary/aromatic N) is 1. The van der Waals surface area contributed by atoms with Crippen molar-refractivity contribution >= 4 is 17.7 Å². The van der Waals surface area contributed by atoms with Crippen LogP contribution >= 0.6 is 0 Å². The third kappa shape index (κ3) is 3.56. The largest absolute Gasteiger partial charge is 0.432 e. The number of benzene rings is 1. The molecule has 1 heterocycles. The summed E-state index contributed by atoms with van der Waals surface area (Å²) in [7, 11) is 0. The second kappa shape index (κ2) is 5.53. The fourth-order valence-electron chi connectivity index (χ4n) is 1.54. The molecule has 100 valence electrons. The molecule has 0 spiro atoms. The molecule has 1 aromatic heterocycles. The summed E-state index contributed by atoms with van der Waals surface area (Å²) in [6, 6.07) is 7.05. The average Bonchev–Trinajstić information content (AvgIpc) is 2.75. The van der Waals surface area contributed by atoms with Crippen molar-refractivity contribution in [3.05, 3.63) is 41.8 Å². The van der Waals surface area contributed by atoms with Crippen molar-refractivity contribution in [1.29, 1.82) is 0 Å². The number of aryl methyl sites for hydroxylation is 1. The zero-order valence-corrected chi connectivity index (χ0v) is 10.8. The smallest absolute Gasteiger partial charge is 0.327 e. The maximum atomic E-state index is 11.7. The summed E-state index contributed by atoms with van der Waals surface area (Å²) in [5.41, 5.74) is 8.13. The highest BCUT2D eigenvalue weighted by molar-refractivity contribution is 5.98. The van der Waals surface area contributed by atoms with E-state index in [-0.39, 0.29) is 12.1 Å². The lowest BCUT2D eigenvalue weighted by Gasteiger charge is -2.08. The van der Waals surface area contributed by atoms with Crippen LogP contribution in [0.4, 0.5) is 16.5 Å². The topological polar surface area (TPSA) is 93.2 Å². The SMILES string of the molecule is Cc1coc(NC(=O)Nc2ccc(C(C)N)cc2)n1. The molecule has 0 radical (unpaired) electrons. The lowest BCUT2D eigenvalue weighted by atomic mass is 10.1. The standard InChI is InChI=1S/C13H16N4O2/c1-8-7-19-13(15-8)17-12(18)16-11-5-3-10(4-6-11)9(2)14/h3-7,9H,14H2,1-2H3,(H2,15,16,17,18). The lowest BCUT2D eigenvalue weighted by Crippen LogP contribution is -2.19. The van der Waals surface area contributed by atoms with Crippen molar-refractivity contribution in [2.45, 2.75) is 19.9 Å². The van der Waals surface area contributed by atoms with E-state index < -0.39 is 6.03 Å². The van der Waals surface area contributed by atoms with Crippen molar-refractivity contribution in [2.24, 2.45) is 5.73 Å². The first-order chi connectivity index (χ1) is 9.04. The number of oxazole rings is 1. The van der Waals surface area contributed by atoms with Crippen molar-refractivity contribution in [3.8, 4) is 0 Å². The van der Waals surface area contributed by atoms with Gasteiger partial charge in [0.1, 0.15) is 6.26 Å². The Morgan fingerprint density at radius 3 is 2.53 bits per heavy atom. The molecule has 1 atom stereocenters. The fourth-order valence-corrected chi connectivity index (χ4v) is 1.54. The Morgan fingerprint density at radius 1 is 1.32 bits per heavy atom. The number of urea groups is 1. The van der Waals surface area contributed by atoms with Crippen molar-refractivity contribution in [3.63, 3.8) is 0 Å². The maximum absolute atomic E-state index is 11.7. The van der Waals surface area contributed by atoms with E-state index >= 15 is 0 Å². The van der Waals surface area contributed by atoms with Gasteiger partial charge in [0, 0.05) is 11.7 Å². The summed E-state index contributed by atoms with van der Waals surface area (Å²) in [4.78, 5) is 15.6. The van der Waals surface area contributed by atoms with Crippen molar-refractivity contribution in [2.75, 3.05) is 10.6 Å². The average molecular weight is 260 g/mol. The van der Waals surface area contributed by atoms with Crippen LogP contribution < -0.4 is 16.4 Å². The third-order valence-electron chi connectivity index (χ3n) is 2.53. The van der Waals surface area contributed by atoms with Gasteiger partial charge in [0.2, 0.25) is 0 Å². The Hall–Kier alpha value is -2.34. The molecule has 0 saturated carbocycles. The molecule has 1 unspecified atom stereocenters. The van der Waals surface area contributed by atoms with Crippen LogP contribution in [0.25, 0.3) is 0 Å². The Labute approximate surface area is 111 Å². The first-order valence-electron chi connectivity index (χ1n) is 5.90. The normalized spacial score (nSPS) is 11.9. The molecule has 0 saturated heterocycles. The fraction of sp³-hybridized carbons (Fsp3) is 0.231. The van der Waals surface area contributed by atoms with Crippen LogP contribution in [0.15, 0.2) is 34.9 Å². The van der Waals surface area contributed by atoms with Gasteiger partial charge in [-0.2, -0.15) is 4.98 Å². The molecule has 0 bridgehead atoms. The van der Waals surface area contributed by atoms with Gasteiger partial charge in [0.25, 0.3) is 0 Å². The van der Waals surface area contributed by atoms with Gasteiger partial charge >= 0.3 is 12.0 Å². The number of nitrogens with one attached hydrogen (secondary N) is 2. The number of carbonyl (C=O) groups is 1. The van der Waals surface area contributed by atoms with E-state index in [1.807, 2.05) is 19.1 Å². The van der Waals surface area contributed by atoms with Crippen LogP contribution in [-0.2, 0) is 0 Å². The second-order valence-corrected chi connectivity index (χ2v) is 4.28. The molecular weight excluding hydrogens is 244 g/mol. The number of aromatic nitrogens is 1. The van der Waals surface area contributed by atoms with E-state index in [0.717, 1.165) is 5.56 Å². The van der Waals surface area contributed by atoms with E-state index in [1.54, 1.807) is 19.1 Å². The molecule has 2 rings (SSSR count). The minimum Gasteiger partial charge on any atom is -0.432 e. The van der Waals surface area contributed by atoms with Gasteiger partial charge in [0.05, 0.1) is 5.69 Å². The summed E-state index contributed by atoms with van der Waals surface area (Å²) >= 11 is 0. The number of hydrogen-bond donors (Lipinski definition) is 3. The highest BCUT2D eigenvalue weighted by Gasteiger charge is 2.07. The van der Waals surface area contributed by atoms with E-state index in [4.69, 9.17) is 10.2 Å². The highest BCUT2D eigenvalue weighted by Crippen LogP contribution is 2.14. The quantitative estimate of drug-likeness (QED) is 0.790. The van der Waals surface area contributed by atoms with Gasteiger partial charge in [0.15, 0.2) is 0 Å². The second-order valence-electron chi connectivity index (χ2n) is 4.28. The first kappa shape index (κ1) is 13.1. The number of anilines is 2. The monoisotopic (exact) mass is 260 g/mol. The minimum atomic E-state index is -0.407. The molecule has 6 heteroatoms. The summed E-state index contributed by atoms with van der Waals surface area (Å²) in [6.07, 6.45) is 1.47. The molecule has 1 aromatic carbocycles. The molecule has 2 amide bonds. The first-order valence-corrected chi connectivity index (χ1v) is 5.90. The van der Waals surface area contributed by atoms with Crippen LogP contribution in [0.5, 0.6) is 0 Å². The van der Waals surface area contributed by atoms with Gasteiger partial charge in [-0.05, 0) is 31.5 Å². The maximum Gasteiger partial charge on any atom is 0.327 e. The predicted octanol–water partition coefficient (Wildman–Crippen LogP) is 2.65. The van der Waals surface area contributed by atoms with Crippen LogP contribution in [0.2, 0.25) is 0 Å². The predicted molar refractivity (Wildman–Crippen MR) is 72.9 cm³/mol. The van der Waals surface area contributed by atoms with E-state index in [0.29, 0.717) is 11.4 Å². The zero-order valence-electron chi connectivity index (χ0n) is 10.8. The molecule has 4 N–H and O–H groups in total. The molecule has 2 aromatic rings. The number of hydrogen-bond acceptors (Lipinski definition) is 4. The molecule has 0 fully saturated rings.